The van der Waals surface area contributed by atoms with E-state index in [1.807, 2.05) is 0 Å². The van der Waals surface area contributed by atoms with Crippen LogP contribution in [0.5, 0.6) is 23.0 Å². The third-order valence-electron chi connectivity index (χ3n) is 5.24. The van der Waals surface area contributed by atoms with Crippen molar-refractivity contribution >= 4 is 5.91 Å². The highest BCUT2D eigenvalue weighted by Crippen LogP contribution is 2.43. The molecule has 31 heavy (non-hydrogen) atoms. The van der Waals surface area contributed by atoms with Gasteiger partial charge in [-0.05, 0) is 13.0 Å². The molecule has 1 fully saturated rings. The number of morpholine rings is 1. The van der Waals surface area contributed by atoms with Crippen molar-refractivity contribution in [1.82, 2.24) is 4.90 Å². The van der Waals surface area contributed by atoms with Crippen LogP contribution in [0.25, 0.3) is 0 Å². The second kappa shape index (κ2) is 9.74. The maximum Gasteiger partial charge on any atom is 0.227 e. The van der Waals surface area contributed by atoms with Gasteiger partial charge in [0.1, 0.15) is 11.5 Å². The highest BCUT2D eigenvalue weighted by atomic mass is 16.5. The number of carbonyl (C=O) groups excluding carboxylic acids is 1. The second-order valence-corrected chi connectivity index (χ2v) is 7.13. The second-order valence-electron chi connectivity index (χ2n) is 7.13. The first kappa shape index (κ1) is 22.5. The Balaban J connectivity index is 2.14. The zero-order chi connectivity index (χ0) is 22.5. The van der Waals surface area contributed by atoms with Gasteiger partial charge >= 0.3 is 0 Å². The molecule has 1 aromatic carbocycles. The number of ether oxygens (including phenoxy) is 4. The van der Waals surface area contributed by atoms with E-state index in [-0.39, 0.29) is 18.1 Å². The molecular weight excluding hydrogens is 406 g/mol. The van der Waals surface area contributed by atoms with E-state index in [0.717, 1.165) is 0 Å². The standard InChI is InChI=1S/C22H27NO8/c1-13-9-16(24)21(26)22(31-13)15(11-20(25)23-5-7-30-8-6-23)14-10-18(28-3)19(29-4)12-17(14)27-2/h9-10,12,15,26H,5-8,11H2,1-4H3. The predicted octanol–water partition coefficient (Wildman–Crippen LogP) is 2.06. The molecule has 3 rings (SSSR count). The Labute approximate surface area is 180 Å². The van der Waals surface area contributed by atoms with Crippen molar-refractivity contribution in [2.45, 2.75) is 19.3 Å². The summed E-state index contributed by atoms with van der Waals surface area (Å²) in [6.07, 6.45) is -0.0498. The van der Waals surface area contributed by atoms with Crippen molar-refractivity contribution in [2.24, 2.45) is 0 Å². The van der Waals surface area contributed by atoms with Crippen LogP contribution in [0.3, 0.4) is 0 Å². The largest absolute Gasteiger partial charge is 0.502 e. The molecule has 0 saturated carbocycles. The molecule has 0 bridgehead atoms. The minimum Gasteiger partial charge on any atom is -0.502 e. The average molecular weight is 433 g/mol. The van der Waals surface area contributed by atoms with Gasteiger partial charge in [0.05, 0.1) is 40.5 Å². The summed E-state index contributed by atoms with van der Waals surface area (Å²) in [5.74, 6) is 0.0840. The molecule has 1 aliphatic heterocycles. The number of nitrogens with zero attached hydrogens (tertiary/aromatic N) is 1. The van der Waals surface area contributed by atoms with Crippen molar-refractivity contribution < 1.29 is 33.3 Å². The van der Waals surface area contributed by atoms with Gasteiger partial charge < -0.3 is 33.4 Å². The fraction of sp³-hybridized carbons (Fsp3) is 0.455. The molecule has 9 heteroatoms. The van der Waals surface area contributed by atoms with Crippen LogP contribution in [-0.2, 0) is 9.53 Å². The number of methoxy groups -OCH3 is 3. The Morgan fingerprint density at radius 1 is 1.06 bits per heavy atom. The molecule has 0 aliphatic carbocycles. The van der Waals surface area contributed by atoms with Crippen molar-refractivity contribution in [3.8, 4) is 23.0 Å². The molecule has 1 atom stereocenters. The molecule has 1 saturated heterocycles. The summed E-state index contributed by atoms with van der Waals surface area (Å²) in [6, 6.07) is 4.49. The van der Waals surface area contributed by atoms with E-state index >= 15 is 0 Å². The Morgan fingerprint density at radius 3 is 2.29 bits per heavy atom. The third-order valence-corrected chi connectivity index (χ3v) is 5.24. The van der Waals surface area contributed by atoms with E-state index in [0.29, 0.717) is 54.9 Å². The Morgan fingerprint density at radius 2 is 1.68 bits per heavy atom. The molecule has 0 radical (unpaired) electrons. The predicted molar refractivity (Wildman–Crippen MR) is 111 cm³/mol. The van der Waals surface area contributed by atoms with Crippen molar-refractivity contribution in [3.63, 3.8) is 0 Å². The van der Waals surface area contributed by atoms with Crippen molar-refractivity contribution in [3.05, 3.63) is 45.5 Å². The van der Waals surface area contributed by atoms with Crippen LogP contribution < -0.4 is 19.6 Å². The topological polar surface area (TPSA) is 108 Å². The number of hydrogen-bond acceptors (Lipinski definition) is 8. The minimum absolute atomic E-state index is 0.00266. The van der Waals surface area contributed by atoms with Crippen molar-refractivity contribution in [1.29, 1.82) is 0 Å². The maximum absolute atomic E-state index is 13.1. The SMILES string of the molecule is COc1cc(OC)c(C(CC(=O)N2CCOCC2)c2oc(C)cc(=O)c2O)cc1OC. The molecule has 2 heterocycles. The highest BCUT2D eigenvalue weighted by Gasteiger charge is 2.31. The molecular formula is C22H27NO8. The van der Waals surface area contributed by atoms with E-state index < -0.39 is 17.1 Å². The summed E-state index contributed by atoms with van der Waals surface area (Å²) in [5.41, 5.74) is -0.0622. The number of rotatable bonds is 7. The molecule has 0 spiro atoms. The van der Waals surface area contributed by atoms with Gasteiger partial charge in [-0.15, -0.1) is 0 Å². The van der Waals surface area contributed by atoms with Crippen LogP contribution in [-0.4, -0.2) is 63.5 Å². The molecule has 1 N–H and O–H groups in total. The fourth-order valence-corrected chi connectivity index (χ4v) is 3.65. The van der Waals surface area contributed by atoms with Gasteiger partial charge in [0.15, 0.2) is 17.3 Å². The van der Waals surface area contributed by atoms with Gasteiger partial charge in [0.2, 0.25) is 17.1 Å². The van der Waals surface area contributed by atoms with Crippen LogP contribution >= 0.6 is 0 Å². The summed E-state index contributed by atoms with van der Waals surface area (Å²) in [6.45, 7) is 3.47. The zero-order valence-corrected chi connectivity index (χ0v) is 18.1. The van der Waals surface area contributed by atoms with E-state index in [1.54, 1.807) is 24.0 Å². The number of carbonyl (C=O) groups is 1. The van der Waals surface area contributed by atoms with E-state index in [1.165, 1.54) is 27.4 Å². The van der Waals surface area contributed by atoms with Crippen LogP contribution in [0.15, 0.2) is 27.4 Å². The smallest absolute Gasteiger partial charge is 0.227 e. The number of amides is 1. The summed E-state index contributed by atoms with van der Waals surface area (Å²) in [4.78, 5) is 27.0. The summed E-state index contributed by atoms with van der Waals surface area (Å²) < 4.78 is 27.4. The maximum atomic E-state index is 13.1. The van der Waals surface area contributed by atoms with E-state index in [2.05, 4.69) is 0 Å². The molecule has 168 valence electrons. The van der Waals surface area contributed by atoms with Gasteiger partial charge in [0, 0.05) is 37.2 Å². The van der Waals surface area contributed by atoms with Crippen LogP contribution in [0.1, 0.15) is 29.4 Å². The lowest BCUT2D eigenvalue weighted by Gasteiger charge is -2.29. The minimum atomic E-state index is -0.794. The quantitative estimate of drug-likeness (QED) is 0.707. The summed E-state index contributed by atoms with van der Waals surface area (Å²) >= 11 is 0. The molecule has 1 aromatic heterocycles. The molecule has 9 nitrogen and oxygen atoms in total. The number of benzene rings is 1. The average Bonchev–Trinajstić information content (AvgIpc) is 2.79. The van der Waals surface area contributed by atoms with Crippen molar-refractivity contribution in [2.75, 3.05) is 47.6 Å². The van der Waals surface area contributed by atoms with Gasteiger partial charge in [-0.2, -0.15) is 0 Å². The monoisotopic (exact) mass is 433 g/mol. The van der Waals surface area contributed by atoms with Gasteiger partial charge in [-0.3, -0.25) is 9.59 Å². The molecule has 1 unspecified atom stereocenters. The number of hydrogen-bond donors (Lipinski definition) is 1. The van der Waals surface area contributed by atoms with Gasteiger partial charge in [-0.1, -0.05) is 0 Å². The Hall–Kier alpha value is -3.20. The highest BCUT2D eigenvalue weighted by molar-refractivity contribution is 5.78. The molecule has 1 amide bonds. The Bertz CT molecular complexity index is 994. The first-order valence-corrected chi connectivity index (χ1v) is 9.88. The molecule has 2 aromatic rings. The summed E-state index contributed by atoms with van der Waals surface area (Å²) in [7, 11) is 4.48. The summed E-state index contributed by atoms with van der Waals surface area (Å²) in [5, 5.41) is 10.5. The van der Waals surface area contributed by atoms with Gasteiger partial charge in [0.25, 0.3) is 0 Å². The lowest BCUT2D eigenvalue weighted by atomic mass is 9.90. The first-order chi connectivity index (χ1) is 14.9. The van der Waals surface area contributed by atoms with Crippen LogP contribution in [0.4, 0.5) is 0 Å². The normalized spacial score (nSPS) is 14.8. The molecule has 1 aliphatic rings. The Kier molecular flexibility index (Phi) is 7.06. The third kappa shape index (κ3) is 4.77. The van der Waals surface area contributed by atoms with Crippen LogP contribution in [0, 0.1) is 6.92 Å². The lowest BCUT2D eigenvalue weighted by Crippen LogP contribution is -2.41. The number of aromatic hydroxyl groups is 1. The van der Waals surface area contributed by atoms with E-state index in [9.17, 15) is 14.7 Å². The lowest BCUT2D eigenvalue weighted by molar-refractivity contribution is -0.135. The first-order valence-electron chi connectivity index (χ1n) is 9.88. The van der Waals surface area contributed by atoms with E-state index in [4.69, 9.17) is 23.4 Å². The van der Waals surface area contributed by atoms with Crippen LogP contribution in [0.2, 0.25) is 0 Å². The zero-order valence-electron chi connectivity index (χ0n) is 18.1. The van der Waals surface area contributed by atoms with Gasteiger partial charge in [-0.25, -0.2) is 0 Å². The fourth-order valence-electron chi connectivity index (χ4n) is 3.65. The number of aryl methyl sites for hydroxylation is 1.